The molecule has 3 rings (SSSR count). The number of nitrogens with two attached hydrogens (primary N) is 1. The Morgan fingerprint density at radius 1 is 1.29 bits per heavy atom. The lowest BCUT2D eigenvalue weighted by Gasteiger charge is -2.09. The van der Waals surface area contributed by atoms with Crippen molar-refractivity contribution < 1.29 is 4.74 Å². The monoisotopic (exact) mass is 286 g/mol. The lowest BCUT2D eigenvalue weighted by Crippen LogP contribution is -2.13. The van der Waals surface area contributed by atoms with E-state index in [0.29, 0.717) is 12.5 Å². The van der Waals surface area contributed by atoms with Gasteiger partial charge in [0.25, 0.3) is 5.56 Å². The second kappa shape index (κ2) is 5.16. The number of imidazole rings is 1. The van der Waals surface area contributed by atoms with Crippen LogP contribution in [0.3, 0.4) is 0 Å². The fourth-order valence-electron chi connectivity index (χ4n) is 2.04. The summed E-state index contributed by atoms with van der Waals surface area (Å²) in [5.41, 5.74) is 6.67. The fourth-order valence-corrected chi connectivity index (χ4v) is 2.04. The molecule has 0 aliphatic heterocycles. The number of hydrogen-bond donors (Lipinski definition) is 4. The highest BCUT2D eigenvalue weighted by atomic mass is 16.5. The number of nitrogens with one attached hydrogen (secondary N) is 3. The number of aromatic amines is 2. The first-order valence-electron chi connectivity index (χ1n) is 6.28. The predicted octanol–water partition coefficient (Wildman–Crippen LogP) is 0.849. The Labute approximate surface area is 119 Å². The van der Waals surface area contributed by atoms with Crippen LogP contribution in [0.15, 0.2) is 29.1 Å². The quantitative estimate of drug-likeness (QED) is 0.564. The van der Waals surface area contributed by atoms with Crippen LogP contribution in [-0.2, 0) is 6.54 Å². The van der Waals surface area contributed by atoms with Gasteiger partial charge < -0.3 is 20.8 Å². The SMILES string of the molecule is COc1ccccc1CNc1nc2nc(N)[nH]c2c(=O)[nH]1. The molecule has 0 bridgehead atoms. The van der Waals surface area contributed by atoms with E-state index in [-0.39, 0.29) is 22.7 Å². The van der Waals surface area contributed by atoms with Gasteiger partial charge in [-0.2, -0.15) is 9.97 Å². The fraction of sp³-hybridized carbons (Fsp3) is 0.154. The van der Waals surface area contributed by atoms with Gasteiger partial charge in [-0.3, -0.25) is 9.78 Å². The molecular weight excluding hydrogens is 272 g/mol. The number of H-pyrrole nitrogens is 2. The first-order valence-corrected chi connectivity index (χ1v) is 6.28. The van der Waals surface area contributed by atoms with Crippen molar-refractivity contribution in [3.05, 3.63) is 40.2 Å². The van der Waals surface area contributed by atoms with Crippen molar-refractivity contribution in [1.82, 2.24) is 19.9 Å². The molecule has 2 aromatic heterocycles. The zero-order valence-electron chi connectivity index (χ0n) is 11.3. The Morgan fingerprint density at radius 2 is 2.10 bits per heavy atom. The maximum Gasteiger partial charge on any atom is 0.278 e. The lowest BCUT2D eigenvalue weighted by molar-refractivity contribution is 0.410. The molecule has 5 N–H and O–H groups in total. The van der Waals surface area contributed by atoms with E-state index in [2.05, 4.69) is 25.3 Å². The third-order valence-corrected chi connectivity index (χ3v) is 3.02. The third kappa shape index (κ3) is 2.50. The molecule has 0 saturated carbocycles. The molecule has 8 heteroatoms. The summed E-state index contributed by atoms with van der Waals surface area (Å²) >= 11 is 0. The second-order valence-electron chi connectivity index (χ2n) is 4.40. The van der Waals surface area contributed by atoms with Crippen molar-refractivity contribution in [1.29, 1.82) is 0 Å². The maximum absolute atomic E-state index is 11.9. The number of nitrogens with zero attached hydrogens (tertiary/aromatic N) is 2. The first-order chi connectivity index (χ1) is 10.2. The summed E-state index contributed by atoms with van der Waals surface area (Å²) in [4.78, 5) is 25.3. The molecule has 0 spiro atoms. The van der Waals surface area contributed by atoms with Gasteiger partial charge in [0.1, 0.15) is 5.75 Å². The van der Waals surface area contributed by atoms with E-state index in [9.17, 15) is 4.79 Å². The summed E-state index contributed by atoms with van der Waals surface area (Å²) in [6.07, 6.45) is 0. The molecule has 0 radical (unpaired) electrons. The molecule has 1 aromatic carbocycles. The lowest BCUT2D eigenvalue weighted by atomic mass is 10.2. The number of aromatic nitrogens is 4. The Balaban J connectivity index is 1.87. The minimum atomic E-state index is -0.327. The molecule has 0 amide bonds. The molecule has 8 nitrogen and oxygen atoms in total. The average molecular weight is 286 g/mol. The van der Waals surface area contributed by atoms with Gasteiger partial charge in [0.05, 0.1) is 7.11 Å². The van der Waals surface area contributed by atoms with Gasteiger partial charge in [0.2, 0.25) is 5.95 Å². The normalized spacial score (nSPS) is 10.7. The minimum Gasteiger partial charge on any atom is -0.496 e. The minimum absolute atomic E-state index is 0.157. The van der Waals surface area contributed by atoms with Crippen LogP contribution in [0.25, 0.3) is 11.2 Å². The molecule has 0 fully saturated rings. The van der Waals surface area contributed by atoms with Crippen LogP contribution >= 0.6 is 0 Å². The number of anilines is 2. The number of para-hydroxylation sites is 1. The van der Waals surface area contributed by atoms with Crippen LogP contribution in [0.1, 0.15) is 5.56 Å². The zero-order valence-corrected chi connectivity index (χ0v) is 11.3. The zero-order chi connectivity index (χ0) is 14.8. The highest BCUT2D eigenvalue weighted by Gasteiger charge is 2.08. The largest absolute Gasteiger partial charge is 0.496 e. The van der Waals surface area contributed by atoms with E-state index < -0.39 is 0 Å². The van der Waals surface area contributed by atoms with Crippen LogP contribution in [-0.4, -0.2) is 27.0 Å². The maximum atomic E-state index is 11.9. The van der Waals surface area contributed by atoms with E-state index in [1.54, 1.807) is 7.11 Å². The van der Waals surface area contributed by atoms with E-state index in [1.165, 1.54) is 0 Å². The number of rotatable bonds is 4. The molecule has 0 aliphatic carbocycles. The van der Waals surface area contributed by atoms with Gasteiger partial charge in [0, 0.05) is 12.1 Å². The van der Waals surface area contributed by atoms with Crippen LogP contribution in [0.4, 0.5) is 11.9 Å². The van der Waals surface area contributed by atoms with Gasteiger partial charge in [-0.1, -0.05) is 18.2 Å². The summed E-state index contributed by atoms with van der Waals surface area (Å²) < 4.78 is 5.26. The topological polar surface area (TPSA) is 122 Å². The molecule has 0 aliphatic rings. The number of hydrogen-bond acceptors (Lipinski definition) is 6. The number of methoxy groups -OCH3 is 1. The van der Waals surface area contributed by atoms with Crippen molar-refractivity contribution in [2.75, 3.05) is 18.2 Å². The summed E-state index contributed by atoms with van der Waals surface area (Å²) in [6, 6.07) is 7.59. The summed E-state index contributed by atoms with van der Waals surface area (Å²) in [7, 11) is 1.61. The van der Waals surface area contributed by atoms with Crippen LogP contribution < -0.4 is 21.3 Å². The molecule has 0 atom stereocenters. The summed E-state index contributed by atoms with van der Waals surface area (Å²) in [5, 5.41) is 3.04. The molecule has 3 aromatic rings. The van der Waals surface area contributed by atoms with Gasteiger partial charge in [0.15, 0.2) is 17.1 Å². The van der Waals surface area contributed by atoms with Crippen molar-refractivity contribution in [3.63, 3.8) is 0 Å². The Kier molecular flexibility index (Phi) is 3.19. The molecule has 0 unspecified atom stereocenters. The molecule has 2 heterocycles. The Morgan fingerprint density at radius 3 is 2.90 bits per heavy atom. The molecular formula is C13H14N6O2. The third-order valence-electron chi connectivity index (χ3n) is 3.02. The average Bonchev–Trinajstić information content (AvgIpc) is 2.86. The highest BCUT2D eigenvalue weighted by molar-refractivity contribution is 5.72. The summed E-state index contributed by atoms with van der Waals surface area (Å²) in [6.45, 7) is 0.457. The number of fused-ring (bicyclic) bond motifs is 1. The first kappa shape index (κ1) is 13.0. The molecule has 0 saturated heterocycles. The molecule has 21 heavy (non-hydrogen) atoms. The van der Waals surface area contributed by atoms with E-state index in [4.69, 9.17) is 10.5 Å². The van der Waals surface area contributed by atoms with Crippen molar-refractivity contribution >= 4 is 23.1 Å². The standard InChI is InChI=1S/C13H14N6O2/c1-21-8-5-3-2-4-7(8)6-15-13-18-10-9(11(20)19-13)16-12(14)17-10/h2-5H,6H2,1H3,(H5,14,15,16,17,18,19,20). The van der Waals surface area contributed by atoms with Crippen molar-refractivity contribution in [2.24, 2.45) is 0 Å². The predicted molar refractivity (Wildman–Crippen MR) is 79.2 cm³/mol. The second-order valence-corrected chi connectivity index (χ2v) is 4.40. The van der Waals surface area contributed by atoms with Crippen LogP contribution in [0.2, 0.25) is 0 Å². The Bertz CT molecular complexity index is 838. The van der Waals surface area contributed by atoms with Crippen molar-refractivity contribution in [3.8, 4) is 5.75 Å². The van der Waals surface area contributed by atoms with Crippen LogP contribution in [0.5, 0.6) is 5.75 Å². The number of nitrogen functional groups attached to an aromatic ring is 1. The van der Waals surface area contributed by atoms with E-state index in [1.807, 2.05) is 24.3 Å². The van der Waals surface area contributed by atoms with Gasteiger partial charge >= 0.3 is 0 Å². The van der Waals surface area contributed by atoms with Gasteiger partial charge in [-0.15, -0.1) is 0 Å². The van der Waals surface area contributed by atoms with E-state index >= 15 is 0 Å². The van der Waals surface area contributed by atoms with Gasteiger partial charge in [-0.25, -0.2) is 0 Å². The Hall–Kier alpha value is -3.03. The number of benzene rings is 1. The van der Waals surface area contributed by atoms with E-state index in [0.717, 1.165) is 11.3 Å². The highest BCUT2D eigenvalue weighted by Crippen LogP contribution is 2.18. The molecule has 108 valence electrons. The smallest absolute Gasteiger partial charge is 0.278 e. The number of ether oxygens (including phenoxy) is 1. The van der Waals surface area contributed by atoms with Crippen LogP contribution in [0, 0.1) is 0 Å². The van der Waals surface area contributed by atoms with Crippen molar-refractivity contribution in [2.45, 2.75) is 6.54 Å². The summed E-state index contributed by atoms with van der Waals surface area (Å²) in [5.74, 6) is 1.24. The van der Waals surface area contributed by atoms with Gasteiger partial charge in [-0.05, 0) is 6.07 Å².